The van der Waals surface area contributed by atoms with Gasteiger partial charge in [0.2, 0.25) is 0 Å². The number of rotatable bonds is 7. The van der Waals surface area contributed by atoms with Crippen molar-refractivity contribution in [2.24, 2.45) is 0 Å². The third kappa shape index (κ3) is 5.51. The van der Waals surface area contributed by atoms with Crippen molar-refractivity contribution in [3.8, 4) is 0 Å². The third-order valence-electron chi connectivity index (χ3n) is 4.67. The van der Waals surface area contributed by atoms with Crippen molar-refractivity contribution in [2.75, 3.05) is 11.9 Å². The molecule has 0 unspecified atom stereocenters. The van der Waals surface area contributed by atoms with Crippen LogP contribution in [0.4, 0.5) is 11.4 Å². The van der Waals surface area contributed by atoms with E-state index in [1.807, 2.05) is 12.1 Å². The molecule has 5 nitrogen and oxygen atoms in total. The molecule has 2 N–H and O–H groups in total. The third-order valence-corrected chi connectivity index (χ3v) is 4.67. The number of carbonyl (C=O) groups excluding carboxylic acids is 2. The van der Waals surface area contributed by atoms with E-state index in [9.17, 15) is 9.59 Å². The molecular formula is C22H25N3O2. The van der Waals surface area contributed by atoms with Gasteiger partial charge in [0.1, 0.15) is 0 Å². The van der Waals surface area contributed by atoms with Crippen molar-refractivity contribution >= 4 is 23.1 Å². The number of aromatic nitrogens is 1. The van der Waals surface area contributed by atoms with E-state index in [0.717, 1.165) is 24.9 Å². The smallest absolute Gasteiger partial charge is 0.252 e. The second kappa shape index (κ2) is 9.12. The second-order valence-corrected chi connectivity index (χ2v) is 6.84. The first kappa shape index (κ1) is 18.8. The topological polar surface area (TPSA) is 71.1 Å². The van der Waals surface area contributed by atoms with Crippen molar-refractivity contribution in [3.63, 3.8) is 0 Å². The molecule has 27 heavy (non-hydrogen) atoms. The van der Waals surface area contributed by atoms with Crippen molar-refractivity contribution in [1.82, 2.24) is 10.3 Å². The molecule has 0 fully saturated rings. The Morgan fingerprint density at radius 1 is 1.07 bits per heavy atom. The van der Waals surface area contributed by atoms with Crippen LogP contribution >= 0.6 is 0 Å². The highest BCUT2D eigenvalue weighted by molar-refractivity contribution is 5.96. The maximum Gasteiger partial charge on any atom is 0.252 e. The monoisotopic (exact) mass is 363 g/mol. The molecule has 0 atom stereocenters. The summed E-state index contributed by atoms with van der Waals surface area (Å²) in [5.74, 6) is -0.113. The summed E-state index contributed by atoms with van der Waals surface area (Å²) in [5.41, 5.74) is 4.09. The van der Waals surface area contributed by atoms with Gasteiger partial charge < -0.3 is 10.6 Å². The molecule has 1 aliphatic carbocycles. The van der Waals surface area contributed by atoms with Gasteiger partial charge in [-0.2, -0.15) is 0 Å². The molecule has 5 heteroatoms. The van der Waals surface area contributed by atoms with Crippen LogP contribution in [0, 0.1) is 0 Å². The molecule has 1 amide bonds. The van der Waals surface area contributed by atoms with Gasteiger partial charge >= 0.3 is 0 Å². The molecule has 2 aromatic rings. The Hall–Kier alpha value is -2.95. The Bertz CT molecular complexity index is 858. The van der Waals surface area contributed by atoms with Gasteiger partial charge in [0, 0.05) is 24.0 Å². The SMILES string of the molecule is CC(=O)c1cccc(Nc2cncc(C(=O)NCCC3=CCCCC3)c2)c1. The van der Waals surface area contributed by atoms with Crippen LogP contribution in [0.25, 0.3) is 0 Å². The molecule has 0 radical (unpaired) electrons. The molecular weight excluding hydrogens is 338 g/mol. The number of ketones is 1. The molecule has 0 aliphatic heterocycles. The number of anilines is 2. The average molecular weight is 363 g/mol. The first-order valence-electron chi connectivity index (χ1n) is 9.41. The maximum atomic E-state index is 12.4. The number of benzene rings is 1. The standard InChI is InChI=1S/C22H25N3O2/c1-16(26)18-8-5-9-20(12-18)25-21-13-19(14-23-15-21)22(27)24-11-10-17-6-3-2-4-7-17/h5-6,8-9,12-15,25H,2-4,7,10-11H2,1H3,(H,24,27). The lowest BCUT2D eigenvalue weighted by molar-refractivity contribution is 0.0952. The van der Waals surface area contributed by atoms with Crippen LogP contribution in [0.3, 0.4) is 0 Å². The Kier molecular flexibility index (Phi) is 6.36. The van der Waals surface area contributed by atoms with E-state index in [1.165, 1.54) is 25.3 Å². The van der Waals surface area contributed by atoms with E-state index in [1.54, 1.807) is 30.6 Å². The van der Waals surface area contributed by atoms with Crippen LogP contribution in [0.2, 0.25) is 0 Å². The molecule has 1 aromatic carbocycles. The number of allylic oxidation sites excluding steroid dienone is 1. The van der Waals surface area contributed by atoms with Crippen LogP contribution in [0.1, 0.15) is 59.7 Å². The quantitative estimate of drug-likeness (QED) is 0.555. The number of nitrogens with one attached hydrogen (secondary N) is 2. The fraction of sp³-hybridized carbons (Fsp3) is 0.318. The van der Waals surface area contributed by atoms with Gasteiger partial charge in [-0.25, -0.2) is 0 Å². The van der Waals surface area contributed by atoms with Crippen LogP contribution in [-0.4, -0.2) is 23.2 Å². The fourth-order valence-corrected chi connectivity index (χ4v) is 3.19. The minimum Gasteiger partial charge on any atom is -0.354 e. The summed E-state index contributed by atoms with van der Waals surface area (Å²) in [6.45, 7) is 2.18. The number of hydrogen-bond acceptors (Lipinski definition) is 4. The summed E-state index contributed by atoms with van der Waals surface area (Å²) in [5, 5.41) is 6.17. The predicted molar refractivity (Wildman–Crippen MR) is 107 cm³/mol. The maximum absolute atomic E-state index is 12.4. The lowest BCUT2D eigenvalue weighted by Crippen LogP contribution is -2.25. The van der Waals surface area contributed by atoms with E-state index in [4.69, 9.17) is 0 Å². The van der Waals surface area contributed by atoms with Gasteiger partial charge in [0.05, 0.1) is 17.4 Å². The fourth-order valence-electron chi connectivity index (χ4n) is 3.19. The summed E-state index contributed by atoms with van der Waals surface area (Å²) in [4.78, 5) is 28.1. The van der Waals surface area contributed by atoms with Gasteiger partial charge in [-0.15, -0.1) is 0 Å². The van der Waals surface area contributed by atoms with Gasteiger partial charge in [0.25, 0.3) is 5.91 Å². The zero-order valence-electron chi connectivity index (χ0n) is 15.6. The highest BCUT2D eigenvalue weighted by Gasteiger charge is 2.09. The summed E-state index contributed by atoms with van der Waals surface area (Å²) in [6, 6.07) is 9.02. The number of Topliss-reactive ketones (excluding diaryl/α,β-unsaturated/α-hetero) is 1. The van der Waals surface area contributed by atoms with Gasteiger partial charge in [0.15, 0.2) is 5.78 Å². The average Bonchev–Trinajstić information content (AvgIpc) is 2.69. The minimum absolute atomic E-state index is 0.0120. The predicted octanol–water partition coefficient (Wildman–Crippen LogP) is 4.65. The van der Waals surface area contributed by atoms with Crippen LogP contribution in [0.5, 0.6) is 0 Å². The molecule has 0 saturated carbocycles. The van der Waals surface area contributed by atoms with Gasteiger partial charge in [-0.1, -0.05) is 23.8 Å². The Morgan fingerprint density at radius 2 is 1.93 bits per heavy atom. The first-order chi connectivity index (χ1) is 13.1. The second-order valence-electron chi connectivity index (χ2n) is 6.84. The lowest BCUT2D eigenvalue weighted by atomic mass is 9.97. The Morgan fingerprint density at radius 3 is 2.70 bits per heavy atom. The molecule has 0 spiro atoms. The minimum atomic E-state index is -0.125. The first-order valence-corrected chi connectivity index (χ1v) is 9.41. The highest BCUT2D eigenvalue weighted by atomic mass is 16.1. The zero-order valence-corrected chi connectivity index (χ0v) is 15.6. The molecule has 1 aromatic heterocycles. The molecule has 140 valence electrons. The molecule has 0 bridgehead atoms. The van der Waals surface area contributed by atoms with Crippen LogP contribution < -0.4 is 10.6 Å². The van der Waals surface area contributed by atoms with Gasteiger partial charge in [-0.3, -0.25) is 14.6 Å². The Labute approximate surface area is 159 Å². The number of pyridine rings is 1. The van der Waals surface area contributed by atoms with Crippen molar-refractivity contribution in [1.29, 1.82) is 0 Å². The largest absolute Gasteiger partial charge is 0.354 e. The van der Waals surface area contributed by atoms with E-state index >= 15 is 0 Å². The van der Waals surface area contributed by atoms with Gasteiger partial charge in [-0.05, 0) is 57.2 Å². The lowest BCUT2D eigenvalue weighted by Gasteiger charge is -2.13. The number of amides is 1. The van der Waals surface area contributed by atoms with Crippen molar-refractivity contribution in [2.45, 2.75) is 39.0 Å². The highest BCUT2D eigenvalue weighted by Crippen LogP contribution is 2.20. The van der Waals surface area contributed by atoms with Crippen molar-refractivity contribution < 1.29 is 9.59 Å². The van der Waals surface area contributed by atoms with Crippen LogP contribution in [0.15, 0.2) is 54.4 Å². The summed E-state index contributed by atoms with van der Waals surface area (Å²) >= 11 is 0. The molecule has 3 rings (SSSR count). The van der Waals surface area contributed by atoms with E-state index < -0.39 is 0 Å². The molecule has 1 heterocycles. The summed E-state index contributed by atoms with van der Waals surface area (Å²) < 4.78 is 0. The zero-order chi connectivity index (χ0) is 19.1. The summed E-state index contributed by atoms with van der Waals surface area (Å²) in [6.07, 6.45) is 11.3. The van der Waals surface area contributed by atoms with Crippen LogP contribution in [-0.2, 0) is 0 Å². The molecule has 1 aliphatic rings. The van der Waals surface area contributed by atoms with E-state index in [-0.39, 0.29) is 11.7 Å². The number of nitrogens with zero attached hydrogens (tertiary/aromatic N) is 1. The number of hydrogen-bond donors (Lipinski definition) is 2. The molecule has 0 saturated heterocycles. The summed E-state index contributed by atoms with van der Waals surface area (Å²) in [7, 11) is 0. The van der Waals surface area contributed by atoms with E-state index in [0.29, 0.717) is 23.4 Å². The number of carbonyl (C=O) groups is 2. The van der Waals surface area contributed by atoms with E-state index in [2.05, 4.69) is 21.7 Å². The van der Waals surface area contributed by atoms with Crippen molar-refractivity contribution in [3.05, 3.63) is 65.5 Å². The normalized spacial score (nSPS) is 13.6. The Balaban J connectivity index is 1.59.